The zero-order valence-electron chi connectivity index (χ0n) is 18.4. The van der Waals surface area contributed by atoms with Crippen molar-refractivity contribution in [1.82, 2.24) is 30.2 Å². The lowest BCUT2D eigenvalue weighted by Crippen LogP contribution is -2.40. The van der Waals surface area contributed by atoms with E-state index >= 15 is 0 Å². The molecule has 0 radical (unpaired) electrons. The second-order valence-corrected chi connectivity index (χ2v) is 7.96. The number of benzene rings is 1. The highest BCUT2D eigenvalue weighted by atomic mass is 35.5. The number of amides is 1. The van der Waals surface area contributed by atoms with Crippen LogP contribution in [0.4, 0.5) is 0 Å². The third-order valence-corrected chi connectivity index (χ3v) is 5.50. The molecule has 1 N–H and O–H groups in total. The van der Waals surface area contributed by atoms with Gasteiger partial charge < -0.3 is 14.6 Å². The van der Waals surface area contributed by atoms with E-state index in [9.17, 15) is 4.79 Å². The standard InChI is InChI=1S/C23H23ClN6O3/c1-4-32-22-16(13-26-30(22)3)23(2,17-11-8-12-18(24)27-17)14-25-20(31)19-28-21(33-29-19)15-9-6-5-7-10-15/h5-13H,4,14H2,1-3H3,(H,25,31). The molecule has 0 aliphatic heterocycles. The number of ether oxygens (including phenoxy) is 1. The van der Waals surface area contributed by atoms with Crippen molar-refractivity contribution < 1.29 is 14.1 Å². The summed E-state index contributed by atoms with van der Waals surface area (Å²) in [4.78, 5) is 21.6. The van der Waals surface area contributed by atoms with E-state index in [4.69, 9.17) is 20.9 Å². The van der Waals surface area contributed by atoms with E-state index in [2.05, 4.69) is 25.5 Å². The Morgan fingerprint density at radius 1 is 1.18 bits per heavy atom. The van der Waals surface area contributed by atoms with E-state index in [-0.39, 0.29) is 18.3 Å². The maximum absolute atomic E-state index is 12.9. The highest BCUT2D eigenvalue weighted by Crippen LogP contribution is 2.36. The van der Waals surface area contributed by atoms with Crippen molar-refractivity contribution in [2.75, 3.05) is 13.2 Å². The van der Waals surface area contributed by atoms with Crippen molar-refractivity contribution in [3.63, 3.8) is 0 Å². The predicted molar refractivity (Wildman–Crippen MR) is 122 cm³/mol. The number of halogens is 1. The number of hydrogen-bond acceptors (Lipinski definition) is 7. The van der Waals surface area contributed by atoms with Gasteiger partial charge in [-0.3, -0.25) is 4.79 Å². The average molecular weight is 467 g/mol. The normalized spacial score (nSPS) is 12.8. The number of pyridine rings is 1. The summed E-state index contributed by atoms with van der Waals surface area (Å²) in [5, 5.41) is 11.4. The number of aromatic nitrogens is 5. The Labute approximate surface area is 195 Å². The van der Waals surface area contributed by atoms with Crippen LogP contribution in [0.2, 0.25) is 5.15 Å². The fourth-order valence-electron chi connectivity index (χ4n) is 3.50. The Balaban J connectivity index is 1.63. The fourth-order valence-corrected chi connectivity index (χ4v) is 3.67. The Hall–Kier alpha value is -3.72. The third kappa shape index (κ3) is 4.58. The molecule has 1 atom stereocenters. The molecule has 0 bridgehead atoms. The molecule has 0 saturated heterocycles. The highest BCUT2D eigenvalue weighted by molar-refractivity contribution is 6.29. The molecule has 0 aliphatic rings. The van der Waals surface area contributed by atoms with Gasteiger partial charge in [-0.15, -0.1) is 0 Å². The van der Waals surface area contributed by atoms with Gasteiger partial charge in [0.15, 0.2) is 0 Å². The average Bonchev–Trinajstić information content (AvgIpc) is 3.46. The van der Waals surface area contributed by atoms with Crippen LogP contribution in [0.3, 0.4) is 0 Å². The first kappa shape index (κ1) is 22.5. The van der Waals surface area contributed by atoms with Gasteiger partial charge in [0.1, 0.15) is 5.15 Å². The highest BCUT2D eigenvalue weighted by Gasteiger charge is 2.37. The minimum atomic E-state index is -0.800. The molecule has 1 aromatic carbocycles. The molecule has 0 aliphatic carbocycles. The Kier molecular flexibility index (Phi) is 6.41. The molecule has 1 amide bonds. The first-order chi connectivity index (χ1) is 15.9. The number of nitrogens with zero attached hydrogens (tertiary/aromatic N) is 5. The predicted octanol–water partition coefficient (Wildman–Crippen LogP) is 3.65. The van der Waals surface area contributed by atoms with Crippen LogP contribution in [0.25, 0.3) is 11.5 Å². The Bertz CT molecular complexity index is 1260. The Morgan fingerprint density at radius 3 is 2.70 bits per heavy atom. The second-order valence-electron chi connectivity index (χ2n) is 7.57. The van der Waals surface area contributed by atoms with Crippen LogP contribution < -0.4 is 10.1 Å². The van der Waals surface area contributed by atoms with Crippen LogP contribution in [0.1, 0.15) is 35.7 Å². The van der Waals surface area contributed by atoms with Gasteiger partial charge in [-0.2, -0.15) is 10.1 Å². The summed E-state index contributed by atoms with van der Waals surface area (Å²) in [5.74, 6) is 0.315. The van der Waals surface area contributed by atoms with E-state index in [1.165, 1.54) is 0 Å². The van der Waals surface area contributed by atoms with Crippen molar-refractivity contribution in [2.24, 2.45) is 7.05 Å². The van der Waals surface area contributed by atoms with Crippen molar-refractivity contribution in [3.05, 3.63) is 77.0 Å². The molecule has 10 heteroatoms. The third-order valence-electron chi connectivity index (χ3n) is 5.29. The van der Waals surface area contributed by atoms with E-state index in [1.807, 2.05) is 56.3 Å². The molecule has 9 nitrogen and oxygen atoms in total. The molecule has 33 heavy (non-hydrogen) atoms. The summed E-state index contributed by atoms with van der Waals surface area (Å²) >= 11 is 6.18. The van der Waals surface area contributed by atoms with Crippen LogP contribution >= 0.6 is 11.6 Å². The van der Waals surface area contributed by atoms with Gasteiger partial charge in [0, 0.05) is 24.7 Å². The smallest absolute Gasteiger partial charge is 0.292 e. The molecule has 3 heterocycles. The number of carbonyl (C=O) groups excluding carboxylic acids is 1. The van der Waals surface area contributed by atoms with Gasteiger partial charge in [0.2, 0.25) is 5.88 Å². The summed E-state index contributed by atoms with van der Waals surface area (Å²) in [5.41, 5.74) is 1.35. The van der Waals surface area contributed by atoms with Gasteiger partial charge in [0.05, 0.1) is 23.9 Å². The minimum absolute atomic E-state index is 0.0634. The van der Waals surface area contributed by atoms with Gasteiger partial charge in [-0.05, 0) is 38.1 Å². The molecule has 0 spiro atoms. The molecular formula is C23H23ClN6O3. The summed E-state index contributed by atoms with van der Waals surface area (Å²) in [6, 6.07) is 14.6. The number of rotatable bonds is 8. The second kappa shape index (κ2) is 9.41. The van der Waals surface area contributed by atoms with E-state index in [1.54, 1.807) is 24.0 Å². The van der Waals surface area contributed by atoms with Crippen LogP contribution in [0, 0.1) is 0 Å². The Morgan fingerprint density at radius 2 is 1.97 bits per heavy atom. The molecule has 3 aromatic heterocycles. The summed E-state index contributed by atoms with van der Waals surface area (Å²) < 4.78 is 12.7. The van der Waals surface area contributed by atoms with Gasteiger partial charge in [-0.1, -0.05) is 41.0 Å². The quantitative estimate of drug-likeness (QED) is 0.395. The van der Waals surface area contributed by atoms with Crippen molar-refractivity contribution in [1.29, 1.82) is 0 Å². The number of nitrogens with one attached hydrogen (secondary N) is 1. The first-order valence-electron chi connectivity index (χ1n) is 10.4. The molecule has 170 valence electrons. The zero-order chi connectivity index (χ0) is 23.4. The summed E-state index contributed by atoms with van der Waals surface area (Å²) in [7, 11) is 1.79. The molecule has 4 rings (SSSR count). The van der Waals surface area contributed by atoms with Crippen molar-refractivity contribution >= 4 is 17.5 Å². The van der Waals surface area contributed by atoms with Crippen LogP contribution in [-0.2, 0) is 12.5 Å². The van der Waals surface area contributed by atoms with Crippen LogP contribution in [-0.4, -0.2) is 44.0 Å². The maximum atomic E-state index is 12.9. The molecule has 1 unspecified atom stereocenters. The van der Waals surface area contributed by atoms with Gasteiger partial charge in [-0.25, -0.2) is 9.67 Å². The van der Waals surface area contributed by atoms with Crippen molar-refractivity contribution in [2.45, 2.75) is 19.3 Å². The molecule has 4 aromatic rings. The van der Waals surface area contributed by atoms with Gasteiger partial charge >= 0.3 is 0 Å². The fraction of sp³-hybridized carbons (Fsp3) is 0.261. The number of aryl methyl sites for hydroxylation is 1. The monoisotopic (exact) mass is 466 g/mol. The van der Waals surface area contributed by atoms with Crippen LogP contribution in [0.5, 0.6) is 5.88 Å². The lowest BCUT2D eigenvalue weighted by Gasteiger charge is -2.29. The summed E-state index contributed by atoms with van der Waals surface area (Å²) in [6.45, 7) is 4.47. The van der Waals surface area contributed by atoms with Gasteiger partial charge in [0.25, 0.3) is 17.6 Å². The summed E-state index contributed by atoms with van der Waals surface area (Å²) in [6.07, 6.45) is 1.71. The topological polar surface area (TPSA) is 108 Å². The van der Waals surface area contributed by atoms with E-state index in [0.717, 1.165) is 11.1 Å². The zero-order valence-corrected chi connectivity index (χ0v) is 19.2. The lowest BCUT2D eigenvalue weighted by atomic mass is 9.80. The largest absolute Gasteiger partial charge is 0.478 e. The maximum Gasteiger partial charge on any atom is 0.292 e. The minimum Gasteiger partial charge on any atom is -0.478 e. The SMILES string of the molecule is CCOc1c(C(C)(CNC(=O)c2noc(-c3ccccc3)n2)c2cccc(Cl)n2)cnn1C. The molecular weight excluding hydrogens is 444 g/mol. The van der Waals surface area contributed by atoms with Crippen LogP contribution in [0.15, 0.2) is 59.3 Å². The lowest BCUT2D eigenvalue weighted by molar-refractivity contribution is 0.0933. The first-order valence-corrected chi connectivity index (χ1v) is 10.8. The molecule has 0 saturated carbocycles. The van der Waals surface area contributed by atoms with Crippen molar-refractivity contribution in [3.8, 4) is 17.3 Å². The number of hydrogen-bond donors (Lipinski definition) is 1. The molecule has 0 fully saturated rings. The van der Waals surface area contributed by atoms with E-state index in [0.29, 0.717) is 23.3 Å². The number of carbonyl (C=O) groups is 1. The van der Waals surface area contributed by atoms with E-state index < -0.39 is 11.3 Å².